The van der Waals surface area contributed by atoms with E-state index in [0.29, 0.717) is 35.7 Å². The standard InChI is InChI=1S/C24H20N6O5/c31-30(32)20-12-16(24-26-23(27-35-24)17-2-1-7-25-14-17)3-5-19(20)29-10-8-28(9-11-29)18-4-6-21-22(13-18)34-15-33-21/h1-7,12-14H,8-11,15H2. The lowest BCUT2D eigenvalue weighted by Crippen LogP contribution is -2.46. The van der Waals surface area contributed by atoms with Gasteiger partial charge in [0, 0.05) is 67.5 Å². The van der Waals surface area contributed by atoms with E-state index in [4.69, 9.17) is 14.0 Å². The maximum absolute atomic E-state index is 11.9. The van der Waals surface area contributed by atoms with Crippen molar-refractivity contribution in [1.29, 1.82) is 0 Å². The van der Waals surface area contributed by atoms with Crippen molar-refractivity contribution in [3.63, 3.8) is 0 Å². The summed E-state index contributed by atoms with van der Waals surface area (Å²) >= 11 is 0. The van der Waals surface area contributed by atoms with E-state index in [1.807, 2.05) is 29.2 Å². The van der Waals surface area contributed by atoms with E-state index in [-0.39, 0.29) is 23.3 Å². The van der Waals surface area contributed by atoms with Crippen molar-refractivity contribution in [1.82, 2.24) is 15.1 Å². The molecule has 2 aliphatic rings. The minimum atomic E-state index is -0.374. The summed E-state index contributed by atoms with van der Waals surface area (Å²) in [5.74, 6) is 2.08. The molecule has 1 saturated heterocycles. The van der Waals surface area contributed by atoms with Gasteiger partial charge in [-0.2, -0.15) is 4.98 Å². The number of hydrogen-bond donors (Lipinski definition) is 0. The molecular weight excluding hydrogens is 452 g/mol. The van der Waals surface area contributed by atoms with Gasteiger partial charge in [-0.3, -0.25) is 15.1 Å². The Morgan fingerprint density at radius 1 is 0.914 bits per heavy atom. The molecule has 0 aliphatic carbocycles. The molecule has 0 spiro atoms. The van der Waals surface area contributed by atoms with Crippen molar-refractivity contribution in [2.24, 2.45) is 0 Å². The number of nitro groups is 1. The summed E-state index contributed by atoms with van der Waals surface area (Å²) in [6, 6.07) is 14.5. The number of hydrogen-bond acceptors (Lipinski definition) is 10. The SMILES string of the molecule is O=[N+]([O-])c1cc(-c2nc(-c3cccnc3)no2)ccc1N1CCN(c2ccc3c(c2)OCO3)CC1. The smallest absolute Gasteiger partial charge is 0.293 e. The summed E-state index contributed by atoms with van der Waals surface area (Å²) < 4.78 is 16.2. The van der Waals surface area contributed by atoms with Crippen molar-refractivity contribution < 1.29 is 18.9 Å². The van der Waals surface area contributed by atoms with Gasteiger partial charge in [0.25, 0.3) is 11.6 Å². The molecule has 1 fully saturated rings. The van der Waals surface area contributed by atoms with Crippen molar-refractivity contribution in [2.75, 3.05) is 42.8 Å². The summed E-state index contributed by atoms with van der Waals surface area (Å²) in [4.78, 5) is 24.3. The lowest BCUT2D eigenvalue weighted by atomic mass is 10.1. The van der Waals surface area contributed by atoms with Crippen LogP contribution in [0.1, 0.15) is 0 Å². The molecule has 0 N–H and O–H groups in total. The number of ether oxygens (including phenoxy) is 2. The Morgan fingerprint density at radius 3 is 2.54 bits per heavy atom. The van der Waals surface area contributed by atoms with Crippen molar-refractivity contribution in [3.05, 3.63) is 71.0 Å². The summed E-state index contributed by atoms with van der Waals surface area (Å²) in [6.07, 6.45) is 3.28. The molecule has 2 aliphatic heterocycles. The number of nitro benzene ring substituents is 1. The number of fused-ring (bicyclic) bond motifs is 1. The van der Waals surface area contributed by atoms with E-state index in [0.717, 1.165) is 30.3 Å². The summed E-state index contributed by atoms with van der Waals surface area (Å²) in [6.45, 7) is 2.95. The van der Waals surface area contributed by atoms with E-state index in [2.05, 4.69) is 20.0 Å². The third-order valence-corrected chi connectivity index (χ3v) is 6.11. The molecule has 4 heterocycles. The van der Waals surface area contributed by atoms with Crippen molar-refractivity contribution in [2.45, 2.75) is 0 Å². The molecule has 0 bridgehead atoms. The summed E-state index contributed by atoms with van der Waals surface area (Å²) in [7, 11) is 0. The molecule has 11 heteroatoms. The highest BCUT2D eigenvalue weighted by Gasteiger charge is 2.26. The third-order valence-electron chi connectivity index (χ3n) is 6.11. The van der Waals surface area contributed by atoms with Gasteiger partial charge in [-0.25, -0.2) is 0 Å². The second-order valence-corrected chi connectivity index (χ2v) is 8.14. The van der Waals surface area contributed by atoms with Crippen LogP contribution in [0.3, 0.4) is 0 Å². The first-order valence-electron chi connectivity index (χ1n) is 11.1. The molecule has 176 valence electrons. The fraction of sp³-hybridized carbons (Fsp3) is 0.208. The van der Waals surface area contributed by atoms with Crippen LogP contribution in [-0.2, 0) is 0 Å². The Morgan fingerprint density at radius 2 is 1.74 bits per heavy atom. The normalized spacial score (nSPS) is 14.9. The van der Waals surface area contributed by atoms with Crippen LogP contribution in [0.2, 0.25) is 0 Å². The summed E-state index contributed by atoms with van der Waals surface area (Å²) in [5.41, 5.74) is 2.80. The maximum atomic E-state index is 11.9. The number of piperazine rings is 1. The minimum Gasteiger partial charge on any atom is -0.454 e. The zero-order valence-corrected chi connectivity index (χ0v) is 18.5. The van der Waals surface area contributed by atoms with Gasteiger partial charge < -0.3 is 23.8 Å². The first kappa shape index (κ1) is 20.9. The number of nitrogens with zero attached hydrogens (tertiary/aromatic N) is 6. The van der Waals surface area contributed by atoms with E-state index in [1.165, 1.54) is 6.07 Å². The minimum absolute atomic E-state index is 0.000146. The number of aromatic nitrogens is 3. The Bertz CT molecular complexity index is 1380. The first-order valence-corrected chi connectivity index (χ1v) is 11.1. The van der Waals surface area contributed by atoms with Gasteiger partial charge in [-0.05, 0) is 36.4 Å². The number of pyridine rings is 1. The largest absolute Gasteiger partial charge is 0.454 e. The van der Waals surface area contributed by atoms with E-state index < -0.39 is 0 Å². The van der Waals surface area contributed by atoms with Crippen LogP contribution in [0.25, 0.3) is 22.8 Å². The average Bonchev–Trinajstić information content (AvgIpc) is 3.59. The Kier molecular flexibility index (Phi) is 5.13. The van der Waals surface area contributed by atoms with Crippen LogP contribution < -0.4 is 19.3 Å². The highest BCUT2D eigenvalue weighted by atomic mass is 16.7. The molecule has 35 heavy (non-hydrogen) atoms. The number of benzene rings is 2. The van der Waals surface area contributed by atoms with Gasteiger partial charge in [-0.15, -0.1) is 0 Å². The highest BCUT2D eigenvalue weighted by Crippen LogP contribution is 2.37. The van der Waals surface area contributed by atoms with E-state index in [1.54, 1.807) is 30.6 Å². The van der Waals surface area contributed by atoms with E-state index >= 15 is 0 Å². The topological polar surface area (TPSA) is 120 Å². The lowest BCUT2D eigenvalue weighted by Gasteiger charge is -2.37. The molecule has 0 atom stereocenters. The fourth-order valence-corrected chi connectivity index (χ4v) is 4.31. The van der Waals surface area contributed by atoms with Gasteiger partial charge in [0.15, 0.2) is 11.5 Å². The zero-order valence-electron chi connectivity index (χ0n) is 18.5. The predicted molar refractivity (Wildman–Crippen MR) is 127 cm³/mol. The number of anilines is 2. The van der Waals surface area contributed by atoms with Crippen LogP contribution in [0, 0.1) is 10.1 Å². The zero-order chi connectivity index (χ0) is 23.8. The molecular formula is C24H20N6O5. The van der Waals surface area contributed by atoms with E-state index in [9.17, 15) is 10.1 Å². The van der Waals surface area contributed by atoms with Gasteiger partial charge in [0.1, 0.15) is 5.69 Å². The molecule has 0 unspecified atom stereocenters. The maximum Gasteiger partial charge on any atom is 0.293 e. The van der Waals surface area contributed by atoms with Crippen LogP contribution in [-0.4, -0.2) is 53.0 Å². The van der Waals surface area contributed by atoms with Crippen LogP contribution in [0.4, 0.5) is 17.1 Å². The lowest BCUT2D eigenvalue weighted by molar-refractivity contribution is -0.384. The van der Waals surface area contributed by atoms with Crippen LogP contribution >= 0.6 is 0 Å². The summed E-state index contributed by atoms with van der Waals surface area (Å²) in [5, 5.41) is 15.9. The molecule has 0 amide bonds. The highest BCUT2D eigenvalue weighted by molar-refractivity contribution is 5.72. The monoisotopic (exact) mass is 472 g/mol. The second kappa shape index (κ2) is 8.60. The second-order valence-electron chi connectivity index (χ2n) is 8.14. The van der Waals surface area contributed by atoms with Crippen LogP contribution in [0.5, 0.6) is 11.5 Å². The average molecular weight is 472 g/mol. The van der Waals surface area contributed by atoms with Crippen LogP contribution in [0.15, 0.2) is 65.4 Å². The molecule has 0 radical (unpaired) electrons. The molecule has 2 aromatic carbocycles. The first-order chi connectivity index (χ1) is 17.2. The van der Waals surface area contributed by atoms with Gasteiger partial charge in [-0.1, -0.05) is 5.16 Å². The van der Waals surface area contributed by atoms with Gasteiger partial charge in [0.05, 0.1) is 4.92 Å². The molecule has 0 saturated carbocycles. The predicted octanol–water partition coefficient (Wildman–Crippen LogP) is 3.76. The molecule has 6 rings (SSSR count). The van der Waals surface area contributed by atoms with Crippen molar-refractivity contribution in [3.8, 4) is 34.3 Å². The Hall–Kier alpha value is -4.67. The quantitative estimate of drug-likeness (QED) is 0.314. The molecule has 2 aromatic heterocycles. The Balaban J connectivity index is 1.21. The number of rotatable bonds is 5. The molecule has 4 aromatic rings. The third kappa shape index (κ3) is 3.97. The fourth-order valence-electron chi connectivity index (χ4n) is 4.31. The Labute approximate surface area is 199 Å². The van der Waals surface area contributed by atoms with Crippen molar-refractivity contribution >= 4 is 17.1 Å². The molecule has 11 nitrogen and oxygen atoms in total. The van der Waals surface area contributed by atoms with Gasteiger partial charge >= 0.3 is 0 Å². The van der Waals surface area contributed by atoms with Gasteiger partial charge in [0.2, 0.25) is 12.6 Å².